The van der Waals surface area contributed by atoms with E-state index in [1.807, 2.05) is 13.8 Å². The molecule has 0 aliphatic heterocycles. The van der Waals surface area contributed by atoms with Crippen LogP contribution in [0.25, 0.3) is 0 Å². The minimum Gasteiger partial charge on any atom is -0.205 e. The zero-order chi connectivity index (χ0) is 12.8. The van der Waals surface area contributed by atoms with E-state index in [9.17, 15) is 8.78 Å². The standard InChI is InChI=1S/C14H15ClF2/c1-8(2)11-12(14(11,3)15)9-4-6-10(7-5-9)13(16)17/h4-7,11-13H,1H2,2-3H3. The monoisotopic (exact) mass is 256 g/mol. The van der Waals surface area contributed by atoms with Gasteiger partial charge in [0.05, 0.1) is 4.87 Å². The van der Waals surface area contributed by atoms with Crippen molar-refractivity contribution in [1.29, 1.82) is 0 Å². The molecule has 2 rings (SSSR count). The van der Waals surface area contributed by atoms with E-state index in [-0.39, 0.29) is 22.3 Å². The van der Waals surface area contributed by atoms with Crippen molar-refractivity contribution in [2.24, 2.45) is 5.92 Å². The van der Waals surface area contributed by atoms with Crippen LogP contribution in [0.4, 0.5) is 8.78 Å². The van der Waals surface area contributed by atoms with Gasteiger partial charge in [0.15, 0.2) is 0 Å². The Hall–Kier alpha value is -0.890. The van der Waals surface area contributed by atoms with E-state index in [1.54, 1.807) is 12.1 Å². The maximum atomic E-state index is 12.4. The molecule has 1 fully saturated rings. The molecule has 0 aromatic heterocycles. The van der Waals surface area contributed by atoms with Crippen LogP contribution >= 0.6 is 11.6 Å². The number of rotatable bonds is 3. The van der Waals surface area contributed by atoms with Crippen LogP contribution in [0.3, 0.4) is 0 Å². The van der Waals surface area contributed by atoms with Gasteiger partial charge in [-0.2, -0.15) is 0 Å². The molecule has 0 nitrogen and oxygen atoms in total. The SMILES string of the molecule is C=C(C)C1C(c2ccc(C(F)F)cc2)C1(C)Cl. The summed E-state index contributed by atoms with van der Waals surface area (Å²) in [4.78, 5) is -0.321. The second kappa shape index (κ2) is 4.09. The van der Waals surface area contributed by atoms with E-state index in [0.717, 1.165) is 11.1 Å². The summed E-state index contributed by atoms with van der Waals surface area (Å²) in [5.74, 6) is 0.426. The summed E-state index contributed by atoms with van der Waals surface area (Å²) in [5.41, 5.74) is 2.11. The number of hydrogen-bond donors (Lipinski definition) is 0. The average Bonchev–Trinajstić information content (AvgIpc) is 2.82. The van der Waals surface area contributed by atoms with E-state index in [4.69, 9.17) is 11.6 Å². The Morgan fingerprint density at radius 3 is 2.24 bits per heavy atom. The highest BCUT2D eigenvalue weighted by molar-refractivity contribution is 6.27. The van der Waals surface area contributed by atoms with Gasteiger partial charge in [0.25, 0.3) is 6.43 Å². The van der Waals surface area contributed by atoms with Gasteiger partial charge in [0, 0.05) is 17.4 Å². The minimum atomic E-state index is -2.41. The van der Waals surface area contributed by atoms with Crippen LogP contribution in [0, 0.1) is 5.92 Å². The molecule has 92 valence electrons. The summed E-state index contributed by atoms with van der Waals surface area (Å²) in [7, 11) is 0. The van der Waals surface area contributed by atoms with Crippen molar-refractivity contribution in [3.8, 4) is 0 Å². The Kier molecular flexibility index (Phi) is 3.03. The molecule has 0 radical (unpaired) electrons. The van der Waals surface area contributed by atoms with Gasteiger partial charge in [-0.15, -0.1) is 11.6 Å². The fourth-order valence-corrected chi connectivity index (χ4v) is 3.12. The van der Waals surface area contributed by atoms with E-state index >= 15 is 0 Å². The molecule has 0 heterocycles. The van der Waals surface area contributed by atoms with Gasteiger partial charge in [0.1, 0.15) is 0 Å². The highest BCUT2D eigenvalue weighted by atomic mass is 35.5. The molecule has 1 saturated carbocycles. The Morgan fingerprint density at radius 2 is 1.88 bits per heavy atom. The first-order valence-corrected chi connectivity index (χ1v) is 5.96. The Balaban J connectivity index is 2.23. The second-order valence-corrected chi connectivity index (χ2v) is 5.73. The number of alkyl halides is 3. The molecule has 0 bridgehead atoms. The highest BCUT2D eigenvalue weighted by Gasteiger charge is 2.60. The fourth-order valence-electron chi connectivity index (χ4n) is 2.62. The third-order valence-electron chi connectivity index (χ3n) is 3.52. The molecule has 1 aliphatic carbocycles. The number of halogens is 3. The average molecular weight is 257 g/mol. The summed E-state index contributed by atoms with van der Waals surface area (Å²) in [6, 6.07) is 6.44. The fraction of sp³-hybridized carbons (Fsp3) is 0.429. The van der Waals surface area contributed by atoms with Gasteiger partial charge >= 0.3 is 0 Å². The van der Waals surface area contributed by atoms with Gasteiger partial charge in [-0.3, -0.25) is 0 Å². The largest absolute Gasteiger partial charge is 0.263 e. The Morgan fingerprint density at radius 1 is 1.35 bits per heavy atom. The highest BCUT2D eigenvalue weighted by Crippen LogP contribution is 2.64. The van der Waals surface area contributed by atoms with E-state index in [2.05, 4.69) is 6.58 Å². The molecule has 1 aliphatic rings. The maximum absolute atomic E-state index is 12.4. The summed E-state index contributed by atoms with van der Waals surface area (Å²) in [6.45, 7) is 7.86. The molecule has 3 heteroatoms. The summed E-state index contributed by atoms with van der Waals surface area (Å²) in [6.07, 6.45) is -2.41. The molecule has 0 amide bonds. The lowest BCUT2D eigenvalue weighted by molar-refractivity contribution is 0.151. The second-order valence-electron chi connectivity index (χ2n) is 4.92. The lowest BCUT2D eigenvalue weighted by atomic mass is 10.0. The zero-order valence-electron chi connectivity index (χ0n) is 9.88. The van der Waals surface area contributed by atoms with Crippen molar-refractivity contribution in [2.45, 2.75) is 31.1 Å². The van der Waals surface area contributed by atoms with E-state index in [0.29, 0.717) is 0 Å². The van der Waals surface area contributed by atoms with Crippen molar-refractivity contribution < 1.29 is 8.78 Å². The normalized spacial score (nSPS) is 31.6. The first-order chi connectivity index (χ1) is 7.85. The van der Waals surface area contributed by atoms with Crippen LogP contribution in [0.15, 0.2) is 36.4 Å². The van der Waals surface area contributed by atoms with E-state index < -0.39 is 6.43 Å². The minimum absolute atomic E-state index is 0.0533. The molecule has 3 unspecified atom stereocenters. The topological polar surface area (TPSA) is 0 Å². The molecule has 17 heavy (non-hydrogen) atoms. The predicted octanol–water partition coefficient (Wildman–Crippen LogP) is 4.91. The molecular weight excluding hydrogens is 242 g/mol. The molecule has 0 spiro atoms. The Bertz CT molecular complexity index is 434. The summed E-state index contributed by atoms with van der Waals surface area (Å²) < 4.78 is 24.9. The van der Waals surface area contributed by atoms with Gasteiger partial charge in [-0.05, 0) is 19.4 Å². The number of hydrogen-bond acceptors (Lipinski definition) is 0. The van der Waals surface area contributed by atoms with Crippen LogP contribution in [0.5, 0.6) is 0 Å². The van der Waals surface area contributed by atoms with Gasteiger partial charge in [0.2, 0.25) is 0 Å². The zero-order valence-corrected chi connectivity index (χ0v) is 10.6. The molecule has 1 aromatic rings. The lowest BCUT2D eigenvalue weighted by Gasteiger charge is -2.03. The van der Waals surface area contributed by atoms with Crippen LogP contribution in [0.2, 0.25) is 0 Å². The van der Waals surface area contributed by atoms with Crippen molar-refractivity contribution in [1.82, 2.24) is 0 Å². The summed E-state index contributed by atoms with van der Waals surface area (Å²) >= 11 is 6.40. The van der Waals surface area contributed by atoms with E-state index in [1.165, 1.54) is 12.1 Å². The van der Waals surface area contributed by atoms with Crippen LogP contribution in [0.1, 0.15) is 37.3 Å². The third-order valence-corrected chi connectivity index (χ3v) is 3.99. The van der Waals surface area contributed by atoms with Crippen LogP contribution < -0.4 is 0 Å². The van der Waals surface area contributed by atoms with Crippen molar-refractivity contribution in [3.05, 3.63) is 47.5 Å². The quantitative estimate of drug-likeness (QED) is 0.532. The smallest absolute Gasteiger partial charge is 0.205 e. The first-order valence-electron chi connectivity index (χ1n) is 5.58. The van der Waals surface area contributed by atoms with Gasteiger partial charge < -0.3 is 0 Å². The lowest BCUT2D eigenvalue weighted by Crippen LogP contribution is -1.95. The van der Waals surface area contributed by atoms with Crippen molar-refractivity contribution in [2.75, 3.05) is 0 Å². The molecular formula is C14H15ClF2. The van der Waals surface area contributed by atoms with Crippen LogP contribution in [-0.2, 0) is 0 Å². The summed E-state index contributed by atoms with van der Waals surface area (Å²) in [5, 5.41) is 0. The first kappa shape index (κ1) is 12.6. The van der Waals surface area contributed by atoms with Gasteiger partial charge in [-0.1, -0.05) is 36.4 Å². The predicted molar refractivity (Wildman–Crippen MR) is 66.7 cm³/mol. The number of benzene rings is 1. The van der Waals surface area contributed by atoms with Crippen molar-refractivity contribution >= 4 is 11.6 Å². The molecule has 0 N–H and O–H groups in total. The Labute approximate surface area is 105 Å². The van der Waals surface area contributed by atoms with Crippen molar-refractivity contribution in [3.63, 3.8) is 0 Å². The van der Waals surface area contributed by atoms with Gasteiger partial charge in [-0.25, -0.2) is 8.78 Å². The molecule has 3 atom stereocenters. The number of allylic oxidation sites excluding steroid dienone is 1. The maximum Gasteiger partial charge on any atom is 0.263 e. The molecule has 0 saturated heterocycles. The molecule has 1 aromatic carbocycles. The third kappa shape index (κ3) is 2.11. The van der Waals surface area contributed by atoms with Crippen LogP contribution in [-0.4, -0.2) is 4.87 Å².